The minimum absolute atomic E-state index is 0.195. The third-order valence-electron chi connectivity index (χ3n) is 4.25. The van der Waals surface area contributed by atoms with Crippen molar-refractivity contribution in [2.24, 2.45) is 5.41 Å². The molecular weight excluding hydrogens is 269 g/mol. The third-order valence-corrected chi connectivity index (χ3v) is 4.25. The highest BCUT2D eigenvalue weighted by Crippen LogP contribution is 2.39. The van der Waals surface area contributed by atoms with Crippen LogP contribution in [0.3, 0.4) is 0 Å². The molecule has 1 saturated heterocycles. The Labute approximate surface area is 117 Å². The van der Waals surface area contributed by atoms with Crippen LogP contribution in [-0.4, -0.2) is 42.7 Å². The van der Waals surface area contributed by atoms with Crippen LogP contribution >= 0.6 is 0 Å². The first-order chi connectivity index (χ1) is 9.38. The van der Waals surface area contributed by atoms with E-state index < -0.39 is 18.1 Å². The topological polar surface area (TPSA) is 32.3 Å². The average molecular weight is 292 g/mol. The number of carbonyl (C=O) groups excluding carboxylic acids is 1. The van der Waals surface area contributed by atoms with Gasteiger partial charge >= 0.3 is 6.18 Å². The predicted molar refractivity (Wildman–Crippen MR) is 70.2 cm³/mol. The van der Waals surface area contributed by atoms with Crippen LogP contribution in [0.1, 0.15) is 45.4 Å². The Kier molecular flexibility index (Phi) is 4.62. The van der Waals surface area contributed by atoms with E-state index in [-0.39, 0.29) is 11.9 Å². The van der Waals surface area contributed by atoms with Crippen LogP contribution in [0.5, 0.6) is 0 Å². The highest BCUT2D eigenvalue weighted by Gasteiger charge is 2.48. The smallest absolute Gasteiger partial charge is 0.330 e. The van der Waals surface area contributed by atoms with E-state index in [1.165, 1.54) is 0 Å². The number of halogens is 3. The van der Waals surface area contributed by atoms with Crippen LogP contribution in [0.4, 0.5) is 13.2 Å². The van der Waals surface area contributed by atoms with Crippen LogP contribution in [-0.2, 0) is 4.79 Å². The van der Waals surface area contributed by atoms with E-state index >= 15 is 0 Å². The van der Waals surface area contributed by atoms with Gasteiger partial charge in [0.15, 0.2) is 0 Å². The largest absolute Gasteiger partial charge is 0.406 e. The second-order valence-electron chi connectivity index (χ2n) is 6.09. The fourth-order valence-electron chi connectivity index (χ4n) is 3.20. The maximum Gasteiger partial charge on any atom is 0.406 e. The summed E-state index contributed by atoms with van der Waals surface area (Å²) in [6.07, 6.45) is 0.143. The molecule has 0 radical (unpaired) electrons. The number of hydrogen-bond donors (Lipinski definition) is 1. The molecule has 116 valence electrons. The molecule has 0 aromatic carbocycles. The maximum absolute atomic E-state index is 12.8. The molecule has 1 unspecified atom stereocenters. The summed E-state index contributed by atoms with van der Waals surface area (Å²) in [5.41, 5.74) is -0.624. The van der Waals surface area contributed by atoms with Crippen LogP contribution in [0.2, 0.25) is 0 Å². The Morgan fingerprint density at radius 1 is 1.40 bits per heavy atom. The van der Waals surface area contributed by atoms with Crippen molar-refractivity contribution in [1.82, 2.24) is 10.2 Å². The summed E-state index contributed by atoms with van der Waals surface area (Å²) < 4.78 is 38.2. The molecule has 0 spiro atoms. The first-order valence-electron chi connectivity index (χ1n) is 7.46. The lowest BCUT2D eigenvalue weighted by molar-refractivity contribution is -0.170. The molecule has 1 aliphatic carbocycles. The van der Waals surface area contributed by atoms with Crippen molar-refractivity contribution in [3.05, 3.63) is 0 Å². The molecule has 0 aromatic heterocycles. The van der Waals surface area contributed by atoms with Gasteiger partial charge in [0.1, 0.15) is 6.54 Å². The molecule has 1 aliphatic heterocycles. The van der Waals surface area contributed by atoms with Gasteiger partial charge in [-0.2, -0.15) is 13.2 Å². The zero-order valence-electron chi connectivity index (χ0n) is 11.9. The standard InChI is InChI=1S/C14H23F3N2O/c1-2-6-13(7-3-8-18-9-13)12(20)19(11-4-5-11)10-14(15,16)17/h11,18H,2-10H2,1H3. The first kappa shape index (κ1) is 15.6. The summed E-state index contributed by atoms with van der Waals surface area (Å²) in [5.74, 6) is -0.286. The molecule has 2 rings (SSSR count). The van der Waals surface area contributed by atoms with Crippen molar-refractivity contribution in [3.8, 4) is 0 Å². The fraction of sp³-hybridized carbons (Fsp3) is 0.929. The lowest BCUT2D eigenvalue weighted by atomic mass is 9.75. The van der Waals surface area contributed by atoms with Crippen molar-refractivity contribution in [2.45, 2.75) is 57.7 Å². The monoisotopic (exact) mass is 292 g/mol. The van der Waals surface area contributed by atoms with Crippen molar-refractivity contribution in [1.29, 1.82) is 0 Å². The molecule has 1 saturated carbocycles. The molecule has 1 atom stereocenters. The summed E-state index contributed by atoms with van der Waals surface area (Å²) in [4.78, 5) is 13.9. The Morgan fingerprint density at radius 2 is 2.10 bits per heavy atom. The van der Waals surface area contributed by atoms with Crippen molar-refractivity contribution in [3.63, 3.8) is 0 Å². The van der Waals surface area contributed by atoms with E-state index in [2.05, 4.69) is 5.32 Å². The van der Waals surface area contributed by atoms with E-state index in [1.54, 1.807) is 0 Å². The van der Waals surface area contributed by atoms with Gasteiger partial charge < -0.3 is 10.2 Å². The van der Waals surface area contributed by atoms with Gasteiger partial charge in [0.05, 0.1) is 5.41 Å². The number of rotatable bonds is 5. The van der Waals surface area contributed by atoms with Crippen molar-refractivity contribution >= 4 is 5.91 Å². The van der Waals surface area contributed by atoms with E-state index in [0.29, 0.717) is 32.2 Å². The number of nitrogens with one attached hydrogen (secondary N) is 1. The van der Waals surface area contributed by atoms with Gasteiger partial charge in [0.2, 0.25) is 5.91 Å². The average Bonchev–Trinajstić information content (AvgIpc) is 3.20. The van der Waals surface area contributed by atoms with Crippen LogP contribution in [0.25, 0.3) is 0 Å². The molecule has 1 heterocycles. The lowest BCUT2D eigenvalue weighted by Gasteiger charge is -2.40. The second kappa shape index (κ2) is 5.92. The van der Waals surface area contributed by atoms with Crippen LogP contribution in [0, 0.1) is 5.41 Å². The Balaban J connectivity index is 2.15. The molecule has 2 fully saturated rings. The first-order valence-corrected chi connectivity index (χ1v) is 7.46. The van der Waals surface area contributed by atoms with Gasteiger partial charge in [0.25, 0.3) is 0 Å². The maximum atomic E-state index is 12.8. The molecule has 6 heteroatoms. The zero-order valence-corrected chi connectivity index (χ0v) is 11.9. The second-order valence-corrected chi connectivity index (χ2v) is 6.09. The van der Waals surface area contributed by atoms with Crippen LogP contribution in [0.15, 0.2) is 0 Å². The Morgan fingerprint density at radius 3 is 2.55 bits per heavy atom. The van der Waals surface area contributed by atoms with Crippen molar-refractivity contribution in [2.75, 3.05) is 19.6 Å². The SMILES string of the molecule is CCCC1(C(=O)N(CC(F)(F)F)C2CC2)CCCNC1. The number of piperidine rings is 1. The molecule has 0 aromatic rings. The zero-order chi connectivity index (χ0) is 14.8. The molecule has 20 heavy (non-hydrogen) atoms. The summed E-state index contributed by atoms with van der Waals surface area (Å²) >= 11 is 0. The van der Waals surface area contributed by atoms with Crippen LogP contribution < -0.4 is 5.32 Å². The van der Waals surface area contributed by atoms with Gasteiger partial charge in [0, 0.05) is 12.6 Å². The van der Waals surface area contributed by atoms with E-state index in [1.807, 2.05) is 6.92 Å². The summed E-state index contributed by atoms with van der Waals surface area (Å²) in [7, 11) is 0. The quantitative estimate of drug-likeness (QED) is 0.845. The molecule has 3 nitrogen and oxygen atoms in total. The lowest BCUT2D eigenvalue weighted by Crippen LogP contribution is -2.54. The Hall–Kier alpha value is -0.780. The fourth-order valence-corrected chi connectivity index (χ4v) is 3.20. The number of hydrogen-bond acceptors (Lipinski definition) is 2. The minimum atomic E-state index is -4.31. The summed E-state index contributed by atoms with van der Waals surface area (Å²) in [5, 5.41) is 3.19. The summed E-state index contributed by atoms with van der Waals surface area (Å²) in [6.45, 7) is 2.25. The highest BCUT2D eigenvalue weighted by atomic mass is 19.4. The molecule has 1 N–H and O–H groups in total. The van der Waals surface area contributed by atoms with Gasteiger partial charge in [-0.1, -0.05) is 13.3 Å². The summed E-state index contributed by atoms with van der Waals surface area (Å²) in [6, 6.07) is -0.195. The van der Waals surface area contributed by atoms with Gasteiger partial charge in [-0.3, -0.25) is 4.79 Å². The minimum Gasteiger partial charge on any atom is -0.330 e. The molecule has 2 aliphatic rings. The van der Waals surface area contributed by atoms with E-state index in [4.69, 9.17) is 0 Å². The van der Waals surface area contributed by atoms with Gasteiger partial charge in [-0.25, -0.2) is 0 Å². The van der Waals surface area contributed by atoms with E-state index in [0.717, 1.165) is 24.3 Å². The van der Waals surface area contributed by atoms with Gasteiger partial charge in [-0.15, -0.1) is 0 Å². The van der Waals surface area contributed by atoms with Crippen molar-refractivity contribution < 1.29 is 18.0 Å². The predicted octanol–water partition coefficient (Wildman–Crippen LogP) is 2.71. The molecular formula is C14H23F3N2O. The number of nitrogens with zero attached hydrogens (tertiary/aromatic N) is 1. The normalized spacial score (nSPS) is 27.4. The Bertz CT molecular complexity index is 341. The molecule has 0 bridgehead atoms. The number of amides is 1. The third kappa shape index (κ3) is 3.65. The van der Waals surface area contributed by atoms with E-state index in [9.17, 15) is 18.0 Å². The van der Waals surface area contributed by atoms with Gasteiger partial charge in [-0.05, 0) is 38.6 Å². The number of carbonyl (C=O) groups is 1. The number of alkyl halides is 3. The highest BCUT2D eigenvalue weighted by molar-refractivity contribution is 5.83. The molecule has 1 amide bonds.